The largest absolute Gasteiger partial charge is 0.332 e. The van der Waals surface area contributed by atoms with Crippen LogP contribution in [0.3, 0.4) is 0 Å². The van der Waals surface area contributed by atoms with Gasteiger partial charge in [-0.2, -0.15) is 10.1 Å². The first-order valence-electron chi connectivity index (χ1n) is 11.7. The molecule has 1 aromatic carbocycles. The molecule has 2 aliphatic rings. The van der Waals surface area contributed by atoms with Gasteiger partial charge in [-0.1, -0.05) is 30.3 Å². The molecule has 2 aliphatic heterocycles. The Balaban J connectivity index is 1.29. The van der Waals surface area contributed by atoms with E-state index in [1.807, 2.05) is 16.5 Å². The highest BCUT2D eigenvalue weighted by Gasteiger charge is 2.27. The van der Waals surface area contributed by atoms with Gasteiger partial charge in [0.2, 0.25) is 5.95 Å². The molecule has 9 nitrogen and oxygen atoms in total. The summed E-state index contributed by atoms with van der Waals surface area (Å²) in [5, 5.41) is 6.61. The van der Waals surface area contributed by atoms with E-state index >= 15 is 0 Å². The summed E-state index contributed by atoms with van der Waals surface area (Å²) in [4.78, 5) is 32.4. The summed E-state index contributed by atoms with van der Waals surface area (Å²) in [6.07, 6.45) is 3.56. The Kier molecular flexibility index (Phi) is 5.65. The minimum atomic E-state index is -0.370. The van der Waals surface area contributed by atoms with Crippen molar-refractivity contribution in [3.8, 4) is 0 Å². The van der Waals surface area contributed by atoms with E-state index in [1.165, 1.54) is 30.0 Å². The first-order valence-corrected chi connectivity index (χ1v) is 11.7. The fourth-order valence-corrected chi connectivity index (χ4v) is 5.04. The van der Waals surface area contributed by atoms with Crippen LogP contribution in [0.5, 0.6) is 0 Å². The Morgan fingerprint density at radius 1 is 1.00 bits per heavy atom. The molecule has 1 fully saturated rings. The second-order valence-corrected chi connectivity index (χ2v) is 9.31. The molecule has 9 heteroatoms. The molecule has 0 amide bonds. The predicted octanol–water partition coefficient (Wildman–Crippen LogP) is 1.58. The number of hydrazone groups is 1. The van der Waals surface area contributed by atoms with Crippen LogP contribution in [0.25, 0.3) is 11.2 Å². The summed E-state index contributed by atoms with van der Waals surface area (Å²) in [6.45, 7) is 6.20. The van der Waals surface area contributed by atoms with Gasteiger partial charge < -0.3 is 4.90 Å². The van der Waals surface area contributed by atoms with Crippen molar-refractivity contribution in [1.29, 1.82) is 0 Å². The van der Waals surface area contributed by atoms with Gasteiger partial charge >= 0.3 is 5.69 Å². The van der Waals surface area contributed by atoms with Crippen LogP contribution in [0.1, 0.15) is 25.3 Å². The average Bonchev–Trinajstić information content (AvgIpc) is 3.21. The summed E-state index contributed by atoms with van der Waals surface area (Å²) in [5.41, 5.74) is 2.52. The van der Waals surface area contributed by atoms with E-state index in [0.29, 0.717) is 30.2 Å². The van der Waals surface area contributed by atoms with Gasteiger partial charge in [-0.3, -0.25) is 18.5 Å². The number of benzene rings is 1. The average molecular weight is 450 g/mol. The summed E-state index contributed by atoms with van der Waals surface area (Å²) in [5.74, 6) is 1.37. The highest BCUT2D eigenvalue weighted by atomic mass is 16.2. The SMILES string of the molecule is CC1=NN(CCN2CCC(Cc3ccccc3)CC2)c2nc3c(c(=O)n(C)c(=O)n3C)n2C1. The lowest BCUT2D eigenvalue weighted by Crippen LogP contribution is -2.41. The monoisotopic (exact) mass is 449 g/mol. The number of likely N-dealkylation sites (tertiary alicyclic amines) is 1. The van der Waals surface area contributed by atoms with Crippen LogP contribution in [-0.2, 0) is 27.1 Å². The van der Waals surface area contributed by atoms with Crippen LogP contribution in [0, 0.1) is 5.92 Å². The molecule has 174 valence electrons. The van der Waals surface area contributed by atoms with Crippen molar-refractivity contribution < 1.29 is 0 Å². The van der Waals surface area contributed by atoms with Crippen molar-refractivity contribution >= 4 is 22.8 Å². The van der Waals surface area contributed by atoms with Gasteiger partial charge in [-0.25, -0.2) is 9.80 Å². The van der Waals surface area contributed by atoms with Crippen LogP contribution < -0.4 is 16.3 Å². The second-order valence-electron chi connectivity index (χ2n) is 9.31. The number of fused-ring (bicyclic) bond motifs is 3. The van der Waals surface area contributed by atoms with Crippen molar-refractivity contribution in [2.75, 3.05) is 31.2 Å². The molecule has 0 atom stereocenters. The smallest absolute Gasteiger partial charge is 0.301 e. The molecule has 0 bridgehead atoms. The number of aryl methyl sites for hydroxylation is 1. The molecule has 0 spiro atoms. The predicted molar refractivity (Wildman–Crippen MR) is 130 cm³/mol. The minimum absolute atomic E-state index is 0.318. The van der Waals surface area contributed by atoms with Crippen molar-refractivity contribution in [2.45, 2.75) is 32.7 Å². The second kappa shape index (κ2) is 8.62. The Bertz CT molecular complexity index is 1310. The molecule has 5 rings (SSSR count). The molecule has 33 heavy (non-hydrogen) atoms. The number of rotatable bonds is 5. The van der Waals surface area contributed by atoms with Crippen molar-refractivity contribution in [2.24, 2.45) is 25.1 Å². The van der Waals surface area contributed by atoms with E-state index < -0.39 is 0 Å². The lowest BCUT2D eigenvalue weighted by molar-refractivity contribution is 0.187. The van der Waals surface area contributed by atoms with Crippen LogP contribution in [0.4, 0.5) is 5.95 Å². The fraction of sp³-hybridized carbons (Fsp3) is 0.500. The fourth-order valence-electron chi connectivity index (χ4n) is 5.04. The summed E-state index contributed by atoms with van der Waals surface area (Å²) < 4.78 is 4.47. The lowest BCUT2D eigenvalue weighted by atomic mass is 9.90. The topological polar surface area (TPSA) is 80.7 Å². The minimum Gasteiger partial charge on any atom is -0.301 e. The van der Waals surface area contributed by atoms with Gasteiger partial charge in [0.25, 0.3) is 5.56 Å². The lowest BCUT2D eigenvalue weighted by Gasteiger charge is -2.33. The van der Waals surface area contributed by atoms with Crippen LogP contribution >= 0.6 is 0 Å². The highest BCUT2D eigenvalue weighted by Crippen LogP contribution is 2.25. The van der Waals surface area contributed by atoms with Gasteiger partial charge in [0.15, 0.2) is 11.2 Å². The maximum Gasteiger partial charge on any atom is 0.332 e. The molecule has 0 saturated carbocycles. The number of imidazole rings is 1. The van der Waals surface area contributed by atoms with Crippen molar-refractivity contribution in [3.05, 3.63) is 56.7 Å². The first-order chi connectivity index (χ1) is 15.9. The van der Waals surface area contributed by atoms with Crippen LogP contribution in [0.2, 0.25) is 0 Å². The van der Waals surface area contributed by atoms with Crippen molar-refractivity contribution in [3.63, 3.8) is 0 Å². The molecule has 0 radical (unpaired) electrons. The Morgan fingerprint density at radius 2 is 1.73 bits per heavy atom. The Morgan fingerprint density at radius 3 is 2.45 bits per heavy atom. The van der Waals surface area contributed by atoms with E-state index in [-0.39, 0.29) is 11.2 Å². The quantitative estimate of drug-likeness (QED) is 0.591. The number of piperidine rings is 1. The molecule has 1 saturated heterocycles. The van der Waals surface area contributed by atoms with E-state index in [9.17, 15) is 9.59 Å². The van der Waals surface area contributed by atoms with E-state index in [4.69, 9.17) is 5.10 Å². The molecule has 0 aliphatic carbocycles. The number of aromatic nitrogens is 4. The molecule has 4 heterocycles. The van der Waals surface area contributed by atoms with E-state index in [2.05, 4.69) is 40.2 Å². The number of hydrogen-bond acceptors (Lipinski definition) is 6. The third-order valence-corrected chi connectivity index (χ3v) is 6.94. The van der Waals surface area contributed by atoms with E-state index in [0.717, 1.165) is 42.3 Å². The zero-order valence-corrected chi connectivity index (χ0v) is 19.6. The number of anilines is 1. The van der Waals surface area contributed by atoms with Gasteiger partial charge in [0.1, 0.15) is 0 Å². The standard InChI is InChI=1S/C24H31N7O2/c1-17-16-30-20-21(27(2)24(33)28(3)22(20)32)25-23(30)31(26-17)14-13-29-11-9-19(10-12-29)15-18-7-5-4-6-8-18/h4-8,19H,9-16H2,1-3H3. The van der Waals surface area contributed by atoms with E-state index in [1.54, 1.807) is 7.05 Å². The van der Waals surface area contributed by atoms with Gasteiger partial charge in [-0.05, 0) is 50.8 Å². The Labute approximate surface area is 192 Å². The third kappa shape index (κ3) is 4.01. The number of nitrogens with zero attached hydrogens (tertiary/aromatic N) is 7. The normalized spacial score (nSPS) is 17.4. The first kappa shape index (κ1) is 21.6. The van der Waals surface area contributed by atoms with Crippen molar-refractivity contribution in [1.82, 2.24) is 23.6 Å². The summed E-state index contributed by atoms with van der Waals surface area (Å²) >= 11 is 0. The molecule has 2 aromatic heterocycles. The molecular formula is C24H31N7O2. The van der Waals surface area contributed by atoms with Gasteiger partial charge in [-0.15, -0.1) is 0 Å². The van der Waals surface area contributed by atoms with Gasteiger partial charge in [0, 0.05) is 20.6 Å². The molecule has 3 aromatic rings. The summed E-state index contributed by atoms with van der Waals surface area (Å²) in [7, 11) is 3.16. The summed E-state index contributed by atoms with van der Waals surface area (Å²) in [6, 6.07) is 10.7. The third-order valence-electron chi connectivity index (χ3n) is 6.94. The number of hydrogen-bond donors (Lipinski definition) is 0. The maximum atomic E-state index is 12.8. The van der Waals surface area contributed by atoms with Gasteiger partial charge in [0.05, 0.1) is 18.8 Å². The maximum absolute atomic E-state index is 12.8. The molecule has 0 unspecified atom stereocenters. The zero-order valence-electron chi connectivity index (χ0n) is 19.6. The zero-order chi connectivity index (χ0) is 23.1. The molecule has 0 N–H and O–H groups in total. The van der Waals surface area contributed by atoms with Crippen LogP contribution in [-0.4, -0.2) is 55.5 Å². The van der Waals surface area contributed by atoms with Crippen LogP contribution in [0.15, 0.2) is 45.0 Å². The Hall–Kier alpha value is -3.20. The molecular weight excluding hydrogens is 418 g/mol. The highest BCUT2D eigenvalue weighted by molar-refractivity contribution is 5.87.